The molecule has 0 spiro atoms. The molecule has 1 heterocycles. The second kappa shape index (κ2) is 5.57. The third kappa shape index (κ3) is 4.48. The van der Waals surface area contributed by atoms with Crippen molar-refractivity contribution in [3.05, 3.63) is 23.5 Å². The Labute approximate surface area is 107 Å². The van der Waals surface area contributed by atoms with Gasteiger partial charge in [-0.1, -0.05) is 0 Å². The summed E-state index contributed by atoms with van der Waals surface area (Å²) in [6.07, 6.45) is -0.448. The average Bonchev–Trinajstić information content (AvgIpc) is 2.71. The van der Waals surface area contributed by atoms with E-state index in [1.165, 1.54) is 0 Å². The fourth-order valence-corrected chi connectivity index (χ4v) is 1.29. The minimum atomic E-state index is -0.496. The minimum absolute atomic E-state index is 0.353. The van der Waals surface area contributed by atoms with Crippen molar-refractivity contribution in [2.45, 2.75) is 32.9 Å². The fourth-order valence-electron chi connectivity index (χ4n) is 1.29. The van der Waals surface area contributed by atoms with Crippen molar-refractivity contribution in [1.29, 1.82) is 0 Å². The highest BCUT2D eigenvalue weighted by molar-refractivity contribution is 5.95. The molecule has 0 bridgehead atoms. The zero-order chi connectivity index (χ0) is 13.8. The van der Waals surface area contributed by atoms with Crippen LogP contribution in [0.3, 0.4) is 0 Å². The molecule has 0 aliphatic carbocycles. The number of carbonyl (C=O) groups excluding carboxylic acids is 1. The Kier molecular flexibility index (Phi) is 4.36. The molecule has 0 radical (unpaired) electrons. The number of alkyl carbamates (subject to hydrolysis) is 1. The normalized spacial score (nSPS) is 12.3. The van der Waals surface area contributed by atoms with E-state index in [2.05, 4.69) is 15.3 Å². The molecule has 0 aliphatic rings. The second-order valence-electron chi connectivity index (χ2n) is 4.86. The summed E-state index contributed by atoms with van der Waals surface area (Å²) in [5.41, 5.74) is 6.73. The Bertz CT molecular complexity index is 443. The fraction of sp³-hybridized carbons (Fsp3) is 0.500. The van der Waals surface area contributed by atoms with Gasteiger partial charge in [-0.15, -0.1) is 0 Å². The number of nitrogens with one attached hydrogen (secondary N) is 2. The minimum Gasteiger partial charge on any atom is -0.444 e. The quantitative estimate of drug-likeness (QED) is 0.560. The Hall–Kier alpha value is -1.98. The summed E-state index contributed by atoms with van der Waals surface area (Å²) in [5.74, 6) is 0.429. The van der Waals surface area contributed by atoms with Crippen LogP contribution in [0.4, 0.5) is 4.79 Å². The number of hydrogen-bond acceptors (Lipinski definition) is 3. The molecule has 0 saturated carbocycles. The largest absolute Gasteiger partial charge is 0.444 e. The number of aromatic nitrogens is 1. The summed E-state index contributed by atoms with van der Waals surface area (Å²) in [5, 5.41) is 2.65. The number of aromatic amines is 1. The van der Waals surface area contributed by atoms with E-state index >= 15 is 0 Å². The van der Waals surface area contributed by atoms with E-state index in [9.17, 15) is 4.79 Å². The standard InChI is InChI=1S/C12H20N4O2/c1-12(2,3)18-11(17)15-7-8-5-6-9(16-8)10(13)14-4/h5-6,16H,7H2,1-4H3,(H2,13,14)(H,15,17). The van der Waals surface area contributed by atoms with Crippen LogP contribution in [-0.4, -0.2) is 29.6 Å². The zero-order valence-electron chi connectivity index (χ0n) is 11.2. The zero-order valence-corrected chi connectivity index (χ0v) is 11.2. The lowest BCUT2D eigenvalue weighted by molar-refractivity contribution is 0.0523. The molecule has 6 nitrogen and oxygen atoms in total. The molecule has 1 aromatic heterocycles. The maximum Gasteiger partial charge on any atom is 0.407 e. The highest BCUT2D eigenvalue weighted by atomic mass is 16.6. The number of hydrogen-bond donors (Lipinski definition) is 3. The number of H-pyrrole nitrogens is 1. The summed E-state index contributed by atoms with van der Waals surface area (Å²) in [6.45, 7) is 5.80. The summed E-state index contributed by atoms with van der Waals surface area (Å²) in [6, 6.07) is 3.65. The van der Waals surface area contributed by atoms with E-state index in [-0.39, 0.29) is 0 Å². The molecule has 1 rings (SSSR count). The number of rotatable bonds is 3. The topological polar surface area (TPSA) is 92.5 Å². The van der Waals surface area contributed by atoms with Crippen molar-refractivity contribution in [2.75, 3.05) is 7.05 Å². The molecule has 18 heavy (non-hydrogen) atoms. The van der Waals surface area contributed by atoms with E-state index < -0.39 is 11.7 Å². The van der Waals surface area contributed by atoms with Crippen molar-refractivity contribution < 1.29 is 9.53 Å². The van der Waals surface area contributed by atoms with E-state index in [4.69, 9.17) is 10.5 Å². The van der Waals surface area contributed by atoms with Gasteiger partial charge in [0.15, 0.2) is 0 Å². The van der Waals surface area contributed by atoms with Gasteiger partial charge in [0.1, 0.15) is 11.4 Å². The van der Waals surface area contributed by atoms with Crippen LogP contribution in [0.1, 0.15) is 32.2 Å². The Morgan fingerprint density at radius 1 is 1.50 bits per heavy atom. The van der Waals surface area contributed by atoms with Crippen LogP contribution < -0.4 is 11.1 Å². The summed E-state index contributed by atoms with van der Waals surface area (Å²) < 4.78 is 5.12. The van der Waals surface area contributed by atoms with Crippen molar-refractivity contribution >= 4 is 11.9 Å². The Morgan fingerprint density at radius 3 is 2.72 bits per heavy atom. The van der Waals surface area contributed by atoms with Gasteiger partial charge in [-0.05, 0) is 32.9 Å². The number of amidine groups is 1. The molecule has 0 atom stereocenters. The van der Waals surface area contributed by atoms with Gasteiger partial charge in [0.05, 0.1) is 12.2 Å². The molecule has 0 fully saturated rings. The molecule has 1 amide bonds. The Balaban J connectivity index is 2.49. The average molecular weight is 252 g/mol. The van der Waals surface area contributed by atoms with Crippen LogP contribution in [0.25, 0.3) is 0 Å². The highest BCUT2D eigenvalue weighted by Gasteiger charge is 2.15. The van der Waals surface area contributed by atoms with Crippen LogP contribution >= 0.6 is 0 Å². The molecule has 0 aliphatic heterocycles. The number of aliphatic imine (C=N–C) groups is 1. The number of nitrogens with two attached hydrogens (primary N) is 1. The lowest BCUT2D eigenvalue weighted by Gasteiger charge is -2.19. The number of ether oxygens (including phenoxy) is 1. The number of nitrogens with zero attached hydrogens (tertiary/aromatic N) is 1. The van der Waals surface area contributed by atoms with Gasteiger partial charge in [-0.25, -0.2) is 4.79 Å². The molecule has 1 aromatic rings. The summed E-state index contributed by atoms with van der Waals surface area (Å²) >= 11 is 0. The van der Waals surface area contributed by atoms with Crippen molar-refractivity contribution in [2.24, 2.45) is 10.7 Å². The smallest absolute Gasteiger partial charge is 0.407 e. The van der Waals surface area contributed by atoms with E-state index in [1.807, 2.05) is 32.9 Å². The predicted molar refractivity (Wildman–Crippen MR) is 70.5 cm³/mol. The molecule has 4 N–H and O–H groups in total. The Morgan fingerprint density at radius 2 is 2.17 bits per heavy atom. The van der Waals surface area contributed by atoms with E-state index in [1.54, 1.807) is 7.05 Å². The molecular weight excluding hydrogens is 232 g/mol. The van der Waals surface area contributed by atoms with Crippen LogP contribution in [-0.2, 0) is 11.3 Å². The van der Waals surface area contributed by atoms with Crippen molar-refractivity contribution in [3.8, 4) is 0 Å². The molecule has 0 unspecified atom stereocenters. The van der Waals surface area contributed by atoms with Crippen molar-refractivity contribution in [3.63, 3.8) is 0 Å². The first-order valence-corrected chi connectivity index (χ1v) is 5.69. The van der Waals surface area contributed by atoms with Gasteiger partial charge in [0.2, 0.25) is 0 Å². The molecule has 0 saturated heterocycles. The van der Waals surface area contributed by atoms with Gasteiger partial charge in [-0.2, -0.15) is 0 Å². The first-order chi connectivity index (χ1) is 8.31. The lowest BCUT2D eigenvalue weighted by Crippen LogP contribution is -2.32. The van der Waals surface area contributed by atoms with Crippen molar-refractivity contribution in [1.82, 2.24) is 10.3 Å². The lowest BCUT2D eigenvalue weighted by atomic mass is 10.2. The highest BCUT2D eigenvalue weighted by Crippen LogP contribution is 2.07. The van der Waals surface area contributed by atoms with Gasteiger partial charge in [-0.3, -0.25) is 4.99 Å². The predicted octanol–water partition coefficient (Wildman–Crippen LogP) is 1.37. The number of amides is 1. The second-order valence-corrected chi connectivity index (χ2v) is 4.86. The van der Waals surface area contributed by atoms with Gasteiger partial charge in [0, 0.05) is 12.7 Å². The van der Waals surface area contributed by atoms with Crippen LogP contribution in [0.2, 0.25) is 0 Å². The maximum atomic E-state index is 11.4. The van der Waals surface area contributed by atoms with Crippen LogP contribution in [0.15, 0.2) is 17.1 Å². The number of carbonyl (C=O) groups is 1. The first kappa shape index (κ1) is 14.1. The SMILES string of the molecule is CN=C(N)c1ccc(CNC(=O)OC(C)(C)C)[nH]1. The molecule has 6 heteroatoms. The van der Waals surface area contributed by atoms with Gasteiger partial charge in [0.25, 0.3) is 0 Å². The summed E-state index contributed by atoms with van der Waals surface area (Å²) in [4.78, 5) is 18.4. The van der Waals surface area contributed by atoms with Crippen LogP contribution in [0, 0.1) is 0 Å². The third-order valence-corrected chi connectivity index (χ3v) is 2.09. The molecule has 100 valence electrons. The van der Waals surface area contributed by atoms with E-state index in [0.717, 1.165) is 11.4 Å². The van der Waals surface area contributed by atoms with Gasteiger partial charge >= 0.3 is 6.09 Å². The first-order valence-electron chi connectivity index (χ1n) is 5.69. The van der Waals surface area contributed by atoms with Gasteiger partial charge < -0.3 is 20.8 Å². The molecular formula is C12H20N4O2. The molecule has 0 aromatic carbocycles. The third-order valence-electron chi connectivity index (χ3n) is 2.09. The maximum absolute atomic E-state index is 11.4. The van der Waals surface area contributed by atoms with E-state index in [0.29, 0.717) is 12.4 Å². The monoisotopic (exact) mass is 252 g/mol. The van der Waals surface area contributed by atoms with Crippen LogP contribution in [0.5, 0.6) is 0 Å². The summed E-state index contributed by atoms with van der Waals surface area (Å²) in [7, 11) is 1.62.